The number of hydrogen-bond acceptors (Lipinski definition) is 6. The Morgan fingerprint density at radius 3 is 2.82 bits per heavy atom. The van der Waals surface area contributed by atoms with Gasteiger partial charge in [0.2, 0.25) is 5.91 Å². The summed E-state index contributed by atoms with van der Waals surface area (Å²) in [5.41, 5.74) is -0.152. The minimum atomic E-state index is -0.874. The lowest BCUT2D eigenvalue weighted by atomic mass is 9.73. The standard InChI is InChI=1S/C24H24N4O4S/c1-15-7-5-6-12-24(15)21(30)28(23(31)27-24)14-20(29)26-22-25-18-11-10-17(13-19(18)33-22)32-16-8-3-2-4-9-16/h2-4,8-11,13,15H,5-7,12,14H2,1H3,(H,27,31)(H,25,26,29). The van der Waals surface area contributed by atoms with E-state index in [4.69, 9.17) is 4.74 Å². The highest BCUT2D eigenvalue weighted by Gasteiger charge is 2.55. The molecule has 4 amide bonds. The molecule has 2 aliphatic rings. The average Bonchev–Trinajstić information content (AvgIpc) is 3.30. The fraction of sp³-hybridized carbons (Fsp3) is 0.333. The van der Waals surface area contributed by atoms with E-state index in [1.165, 1.54) is 11.3 Å². The van der Waals surface area contributed by atoms with Gasteiger partial charge in [-0.25, -0.2) is 9.78 Å². The molecule has 1 aliphatic heterocycles. The van der Waals surface area contributed by atoms with Crippen LogP contribution < -0.4 is 15.4 Å². The molecule has 3 aromatic rings. The number of nitrogens with one attached hydrogen (secondary N) is 2. The summed E-state index contributed by atoms with van der Waals surface area (Å²) in [4.78, 5) is 43.7. The summed E-state index contributed by atoms with van der Waals surface area (Å²) in [7, 11) is 0. The Hall–Kier alpha value is -3.46. The minimum Gasteiger partial charge on any atom is -0.457 e. The molecule has 2 atom stereocenters. The molecule has 1 aromatic heterocycles. The van der Waals surface area contributed by atoms with Gasteiger partial charge in [0.1, 0.15) is 23.6 Å². The van der Waals surface area contributed by atoms with Crippen LogP contribution in [0.2, 0.25) is 0 Å². The van der Waals surface area contributed by atoms with Crippen LogP contribution >= 0.6 is 11.3 Å². The number of carbonyl (C=O) groups is 3. The third-order valence-electron chi connectivity index (χ3n) is 6.39. The van der Waals surface area contributed by atoms with E-state index >= 15 is 0 Å². The zero-order valence-electron chi connectivity index (χ0n) is 18.2. The van der Waals surface area contributed by atoms with Crippen LogP contribution in [-0.2, 0) is 9.59 Å². The second-order valence-corrected chi connectivity index (χ2v) is 9.58. The lowest BCUT2D eigenvalue weighted by molar-refractivity contribution is -0.136. The highest BCUT2D eigenvalue weighted by atomic mass is 32.1. The summed E-state index contributed by atoms with van der Waals surface area (Å²) in [5.74, 6) is 0.683. The van der Waals surface area contributed by atoms with E-state index in [0.717, 1.165) is 40.1 Å². The van der Waals surface area contributed by atoms with E-state index in [1.807, 2.05) is 55.5 Å². The van der Waals surface area contributed by atoms with Crippen LogP contribution in [0.5, 0.6) is 11.5 Å². The van der Waals surface area contributed by atoms with Gasteiger partial charge in [0.25, 0.3) is 5.91 Å². The number of anilines is 1. The van der Waals surface area contributed by atoms with Crippen LogP contribution in [-0.4, -0.2) is 39.8 Å². The number of para-hydroxylation sites is 1. The van der Waals surface area contributed by atoms with Gasteiger partial charge in [0, 0.05) is 6.07 Å². The van der Waals surface area contributed by atoms with Crippen LogP contribution in [0.15, 0.2) is 48.5 Å². The monoisotopic (exact) mass is 464 g/mol. The maximum absolute atomic E-state index is 13.1. The predicted octanol–water partition coefficient (Wildman–Crippen LogP) is 4.53. The largest absolute Gasteiger partial charge is 0.457 e. The molecule has 2 N–H and O–H groups in total. The van der Waals surface area contributed by atoms with E-state index in [1.54, 1.807) is 0 Å². The van der Waals surface area contributed by atoms with Gasteiger partial charge in [0.05, 0.1) is 10.2 Å². The lowest BCUT2D eigenvalue weighted by Crippen LogP contribution is -2.54. The van der Waals surface area contributed by atoms with E-state index < -0.39 is 17.5 Å². The number of urea groups is 1. The summed E-state index contributed by atoms with van der Waals surface area (Å²) >= 11 is 1.30. The van der Waals surface area contributed by atoms with Gasteiger partial charge in [0.15, 0.2) is 5.13 Å². The molecule has 9 heteroatoms. The number of aromatic nitrogens is 1. The number of imide groups is 1. The molecule has 1 saturated heterocycles. The molecule has 2 heterocycles. The minimum absolute atomic E-state index is 0.0484. The van der Waals surface area contributed by atoms with Gasteiger partial charge in [-0.05, 0) is 43.0 Å². The lowest BCUT2D eigenvalue weighted by Gasteiger charge is -2.36. The zero-order chi connectivity index (χ0) is 23.0. The second-order valence-electron chi connectivity index (χ2n) is 8.55. The number of hydrogen-bond donors (Lipinski definition) is 2. The molecule has 33 heavy (non-hydrogen) atoms. The van der Waals surface area contributed by atoms with Gasteiger partial charge in [-0.2, -0.15) is 0 Å². The molecular formula is C24H24N4O4S. The Kier molecular flexibility index (Phi) is 5.49. The maximum Gasteiger partial charge on any atom is 0.325 e. The fourth-order valence-corrected chi connectivity index (χ4v) is 5.50. The van der Waals surface area contributed by atoms with Crippen molar-refractivity contribution in [2.45, 2.75) is 38.1 Å². The molecule has 1 aliphatic carbocycles. The summed E-state index contributed by atoms with van der Waals surface area (Å²) < 4.78 is 6.71. The third-order valence-corrected chi connectivity index (χ3v) is 7.32. The van der Waals surface area contributed by atoms with Crippen molar-refractivity contribution in [2.24, 2.45) is 5.92 Å². The van der Waals surface area contributed by atoms with E-state index in [2.05, 4.69) is 15.6 Å². The Morgan fingerprint density at radius 2 is 2.03 bits per heavy atom. The number of fused-ring (bicyclic) bond motifs is 1. The zero-order valence-corrected chi connectivity index (χ0v) is 19.0. The van der Waals surface area contributed by atoms with Gasteiger partial charge < -0.3 is 15.4 Å². The Balaban J connectivity index is 1.26. The van der Waals surface area contributed by atoms with Crippen LogP contribution in [0.1, 0.15) is 32.6 Å². The molecule has 0 bridgehead atoms. The van der Waals surface area contributed by atoms with E-state index in [0.29, 0.717) is 17.3 Å². The molecule has 8 nitrogen and oxygen atoms in total. The van der Waals surface area contributed by atoms with Crippen molar-refractivity contribution in [3.63, 3.8) is 0 Å². The van der Waals surface area contributed by atoms with Crippen LogP contribution in [0.4, 0.5) is 9.93 Å². The molecule has 2 fully saturated rings. The first-order valence-corrected chi connectivity index (χ1v) is 11.8. The number of nitrogens with zero attached hydrogens (tertiary/aromatic N) is 2. The molecule has 5 rings (SSSR count). The van der Waals surface area contributed by atoms with Crippen molar-refractivity contribution in [1.29, 1.82) is 0 Å². The summed E-state index contributed by atoms with van der Waals surface area (Å²) in [6, 6.07) is 14.5. The predicted molar refractivity (Wildman–Crippen MR) is 125 cm³/mol. The van der Waals surface area contributed by atoms with Crippen LogP contribution in [0.25, 0.3) is 10.2 Å². The molecule has 0 radical (unpaired) electrons. The Morgan fingerprint density at radius 1 is 1.21 bits per heavy atom. The number of carbonyl (C=O) groups excluding carboxylic acids is 3. The number of benzene rings is 2. The second kappa shape index (κ2) is 8.47. The normalized spacial score (nSPS) is 22.6. The smallest absolute Gasteiger partial charge is 0.325 e. The first kappa shape index (κ1) is 21.4. The molecular weight excluding hydrogens is 440 g/mol. The highest BCUT2D eigenvalue weighted by Crippen LogP contribution is 2.38. The van der Waals surface area contributed by atoms with Gasteiger partial charge in [-0.1, -0.05) is 49.3 Å². The summed E-state index contributed by atoms with van der Waals surface area (Å²) in [6.45, 7) is 1.65. The molecule has 2 aromatic carbocycles. The van der Waals surface area contributed by atoms with E-state index in [9.17, 15) is 14.4 Å². The Labute approximate surface area is 194 Å². The number of rotatable bonds is 5. The van der Waals surface area contributed by atoms with Crippen molar-refractivity contribution in [3.05, 3.63) is 48.5 Å². The van der Waals surface area contributed by atoms with Gasteiger partial charge in [-0.3, -0.25) is 14.5 Å². The fourth-order valence-electron chi connectivity index (χ4n) is 4.59. The Bertz CT molecular complexity index is 1230. The first-order chi connectivity index (χ1) is 15.9. The van der Waals surface area contributed by atoms with Crippen molar-refractivity contribution in [3.8, 4) is 11.5 Å². The van der Waals surface area contributed by atoms with Crippen molar-refractivity contribution < 1.29 is 19.1 Å². The van der Waals surface area contributed by atoms with E-state index in [-0.39, 0.29) is 18.4 Å². The number of thiazole rings is 1. The van der Waals surface area contributed by atoms with Crippen LogP contribution in [0.3, 0.4) is 0 Å². The van der Waals surface area contributed by atoms with Crippen molar-refractivity contribution in [2.75, 3.05) is 11.9 Å². The molecule has 170 valence electrons. The van der Waals surface area contributed by atoms with Crippen LogP contribution in [0, 0.1) is 5.92 Å². The number of ether oxygens (including phenoxy) is 1. The summed E-state index contributed by atoms with van der Waals surface area (Å²) in [6.07, 6.45) is 3.43. The summed E-state index contributed by atoms with van der Waals surface area (Å²) in [5, 5.41) is 5.99. The van der Waals surface area contributed by atoms with Crippen molar-refractivity contribution in [1.82, 2.24) is 15.2 Å². The topological polar surface area (TPSA) is 101 Å². The third kappa shape index (κ3) is 4.04. The van der Waals surface area contributed by atoms with Crippen molar-refractivity contribution >= 4 is 44.5 Å². The highest BCUT2D eigenvalue weighted by molar-refractivity contribution is 7.22. The van der Waals surface area contributed by atoms with Gasteiger partial charge >= 0.3 is 6.03 Å². The average molecular weight is 465 g/mol. The molecule has 1 spiro atoms. The first-order valence-electron chi connectivity index (χ1n) is 11.0. The molecule has 2 unspecified atom stereocenters. The molecule has 1 saturated carbocycles. The quantitative estimate of drug-likeness (QED) is 0.541. The number of amides is 4. The van der Waals surface area contributed by atoms with Gasteiger partial charge in [-0.15, -0.1) is 0 Å². The SMILES string of the molecule is CC1CCCCC12NC(=O)N(CC(=O)Nc1nc3ccc(Oc4ccccc4)cc3s1)C2=O. The maximum atomic E-state index is 13.1.